The molecule has 1 aromatic rings. The second-order valence-corrected chi connectivity index (χ2v) is 5.60. The molecule has 0 aliphatic rings. The average molecular weight is 293 g/mol. The van der Waals surface area contributed by atoms with Gasteiger partial charge >= 0.3 is 5.97 Å². The number of hydrogen-bond acceptors (Lipinski definition) is 3. The zero-order valence-corrected chi connectivity index (χ0v) is 13.3. The summed E-state index contributed by atoms with van der Waals surface area (Å²) >= 11 is 0. The van der Waals surface area contributed by atoms with E-state index in [0.717, 1.165) is 12.2 Å². The molecule has 4 nitrogen and oxygen atoms in total. The Morgan fingerprint density at radius 3 is 2.48 bits per heavy atom. The largest absolute Gasteiger partial charge is 0.494 e. The van der Waals surface area contributed by atoms with E-state index < -0.39 is 12.0 Å². The lowest BCUT2D eigenvalue weighted by atomic mass is 10.1. The molecule has 1 rings (SSSR count). The Kier molecular flexibility index (Phi) is 7.83. The normalized spacial score (nSPS) is 12.4. The lowest BCUT2D eigenvalue weighted by molar-refractivity contribution is -0.140. The highest BCUT2D eigenvalue weighted by atomic mass is 16.5. The zero-order chi connectivity index (χ0) is 15.7. The predicted octanol–water partition coefficient (Wildman–Crippen LogP) is 3.25. The molecule has 2 N–H and O–H groups in total. The zero-order valence-electron chi connectivity index (χ0n) is 13.3. The molecule has 0 radical (unpaired) electrons. The van der Waals surface area contributed by atoms with E-state index in [1.54, 1.807) is 0 Å². The van der Waals surface area contributed by atoms with Gasteiger partial charge in [-0.15, -0.1) is 0 Å². The number of carboxylic acid groups (broad SMARTS) is 1. The van der Waals surface area contributed by atoms with Crippen molar-refractivity contribution in [2.45, 2.75) is 58.5 Å². The fraction of sp³-hybridized carbons (Fsp3) is 0.588. The summed E-state index contributed by atoms with van der Waals surface area (Å²) in [6.45, 7) is 6.45. The summed E-state index contributed by atoms with van der Waals surface area (Å²) < 4.78 is 5.62. The van der Waals surface area contributed by atoms with Gasteiger partial charge in [0.15, 0.2) is 0 Å². The maximum atomic E-state index is 11.1. The van der Waals surface area contributed by atoms with Gasteiger partial charge in [-0.1, -0.05) is 39.3 Å². The summed E-state index contributed by atoms with van der Waals surface area (Å²) in [5.41, 5.74) is 1.31. The number of carboxylic acids is 1. The lowest BCUT2D eigenvalue weighted by Gasteiger charge is -2.17. The first kappa shape index (κ1) is 17.5. The first-order valence-corrected chi connectivity index (χ1v) is 7.73. The van der Waals surface area contributed by atoms with Crippen LogP contribution in [0.15, 0.2) is 24.3 Å². The number of ether oxygens (including phenoxy) is 1. The minimum atomic E-state index is -0.831. The molecule has 4 heteroatoms. The van der Waals surface area contributed by atoms with Crippen molar-refractivity contribution in [1.29, 1.82) is 0 Å². The summed E-state index contributed by atoms with van der Waals surface area (Å²) in [4.78, 5) is 11.1. The van der Waals surface area contributed by atoms with Crippen LogP contribution in [0.2, 0.25) is 0 Å². The van der Waals surface area contributed by atoms with Crippen LogP contribution in [-0.4, -0.2) is 29.8 Å². The molecule has 1 aromatic carbocycles. The number of rotatable bonds is 10. The molecule has 0 fully saturated rings. The minimum Gasteiger partial charge on any atom is -0.494 e. The smallest absolute Gasteiger partial charge is 0.320 e. The van der Waals surface area contributed by atoms with Crippen LogP contribution >= 0.6 is 0 Å². The van der Waals surface area contributed by atoms with Gasteiger partial charge in [-0.2, -0.15) is 0 Å². The highest BCUT2D eigenvalue weighted by Gasteiger charge is 2.17. The molecule has 0 saturated carbocycles. The van der Waals surface area contributed by atoms with Crippen molar-refractivity contribution in [2.75, 3.05) is 6.61 Å². The van der Waals surface area contributed by atoms with Gasteiger partial charge in [0.05, 0.1) is 6.61 Å². The van der Waals surface area contributed by atoms with E-state index in [-0.39, 0.29) is 6.04 Å². The fourth-order valence-corrected chi connectivity index (χ4v) is 2.11. The van der Waals surface area contributed by atoms with Crippen molar-refractivity contribution in [3.63, 3.8) is 0 Å². The third kappa shape index (κ3) is 7.14. The summed E-state index contributed by atoms with van der Waals surface area (Å²) in [5, 5.41) is 12.1. The Hall–Kier alpha value is -1.55. The number of nitrogens with one attached hydrogen (secondary N) is 1. The Bertz CT molecular complexity index is 415. The van der Waals surface area contributed by atoms with Gasteiger partial charge in [-0.05, 0) is 30.5 Å². The number of aliphatic carboxylic acids is 1. The molecule has 21 heavy (non-hydrogen) atoms. The molecule has 0 amide bonds. The minimum absolute atomic E-state index is 0.143. The van der Waals surface area contributed by atoms with Gasteiger partial charge < -0.3 is 15.2 Å². The first-order valence-electron chi connectivity index (χ1n) is 7.73. The van der Waals surface area contributed by atoms with Gasteiger partial charge in [0.1, 0.15) is 11.8 Å². The molecule has 0 aromatic heterocycles. The van der Waals surface area contributed by atoms with Crippen molar-refractivity contribution in [1.82, 2.24) is 5.32 Å². The molecule has 0 aliphatic carbocycles. The monoisotopic (exact) mass is 293 g/mol. The first-order chi connectivity index (χ1) is 10.0. The standard InChI is InChI=1S/C17H27NO3/c1-4-5-6-14-7-9-15(10-8-14)21-12-11-16(17(19)20)18-13(2)3/h7-10,13,16,18H,4-6,11-12H2,1-3H3,(H,19,20). The molecule has 118 valence electrons. The third-order valence-electron chi connectivity index (χ3n) is 3.25. The second kappa shape index (κ2) is 9.40. The summed E-state index contributed by atoms with van der Waals surface area (Å²) in [5.74, 6) is -0.0360. The quantitative estimate of drug-likeness (QED) is 0.695. The maximum Gasteiger partial charge on any atom is 0.320 e. The van der Waals surface area contributed by atoms with Crippen molar-refractivity contribution in [3.05, 3.63) is 29.8 Å². The topological polar surface area (TPSA) is 58.6 Å². The number of benzene rings is 1. The summed E-state index contributed by atoms with van der Waals surface area (Å²) in [6, 6.07) is 7.64. The van der Waals surface area contributed by atoms with E-state index in [9.17, 15) is 4.79 Å². The lowest BCUT2D eigenvalue weighted by Crippen LogP contribution is -2.41. The third-order valence-corrected chi connectivity index (χ3v) is 3.25. The van der Waals surface area contributed by atoms with Gasteiger partial charge in [-0.3, -0.25) is 4.79 Å². The Labute approximate surface area is 127 Å². The second-order valence-electron chi connectivity index (χ2n) is 5.60. The van der Waals surface area contributed by atoms with E-state index in [1.165, 1.54) is 18.4 Å². The average Bonchev–Trinajstić information content (AvgIpc) is 2.44. The van der Waals surface area contributed by atoms with E-state index in [1.807, 2.05) is 26.0 Å². The number of carbonyl (C=O) groups is 1. The van der Waals surface area contributed by atoms with Gasteiger partial charge in [-0.25, -0.2) is 0 Å². The molecular weight excluding hydrogens is 266 g/mol. The van der Waals surface area contributed by atoms with E-state index >= 15 is 0 Å². The SMILES string of the molecule is CCCCc1ccc(OCCC(NC(C)C)C(=O)O)cc1. The Morgan fingerprint density at radius 2 is 1.95 bits per heavy atom. The molecule has 1 unspecified atom stereocenters. The number of hydrogen-bond donors (Lipinski definition) is 2. The van der Waals surface area contributed by atoms with Crippen LogP contribution in [0.4, 0.5) is 0 Å². The van der Waals surface area contributed by atoms with Crippen molar-refractivity contribution >= 4 is 5.97 Å². The fourth-order valence-electron chi connectivity index (χ4n) is 2.11. The predicted molar refractivity (Wildman–Crippen MR) is 84.9 cm³/mol. The van der Waals surface area contributed by atoms with Crippen LogP contribution in [0.1, 0.15) is 45.6 Å². The molecule has 0 spiro atoms. The number of aryl methyl sites for hydroxylation is 1. The molecule has 0 aliphatic heterocycles. The summed E-state index contributed by atoms with van der Waals surface area (Å²) in [6.07, 6.45) is 3.93. The van der Waals surface area contributed by atoms with Crippen LogP contribution < -0.4 is 10.1 Å². The van der Waals surface area contributed by atoms with Crippen molar-refractivity contribution < 1.29 is 14.6 Å². The molecular formula is C17H27NO3. The number of unbranched alkanes of at least 4 members (excludes halogenated alkanes) is 1. The Balaban J connectivity index is 2.38. The van der Waals surface area contributed by atoms with E-state index in [0.29, 0.717) is 13.0 Å². The van der Waals surface area contributed by atoms with Crippen LogP contribution in [0.3, 0.4) is 0 Å². The van der Waals surface area contributed by atoms with Crippen LogP contribution in [-0.2, 0) is 11.2 Å². The van der Waals surface area contributed by atoms with Gasteiger partial charge in [0.2, 0.25) is 0 Å². The molecule has 1 atom stereocenters. The Morgan fingerprint density at radius 1 is 1.29 bits per heavy atom. The summed E-state index contributed by atoms with van der Waals surface area (Å²) in [7, 11) is 0. The highest BCUT2D eigenvalue weighted by Crippen LogP contribution is 2.14. The van der Waals surface area contributed by atoms with Crippen LogP contribution in [0.5, 0.6) is 5.75 Å². The van der Waals surface area contributed by atoms with Crippen molar-refractivity contribution in [3.8, 4) is 5.75 Å². The maximum absolute atomic E-state index is 11.1. The van der Waals surface area contributed by atoms with Crippen molar-refractivity contribution in [2.24, 2.45) is 0 Å². The van der Waals surface area contributed by atoms with E-state index in [2.05, 4.69) is 24.4 Å². The molecule has 0 heterocycles. The molecule has 0 bridgehead atoms. The van der Waals surface area contributed by atoms with Crippen LogP contribution in [0, 0.1) is 0 Å². The van der Waals surface area contributed by atoms with Crippen LogP contribution in [0.25, 0.3) is 0 Å². The highest BCUT2D eigenvalue weighted by molar-refractivity contribution is 5.73. The van der Waals surface area contributed by atoms with E-state index in [4.69, 9.17) is 9.84 Å². The molecule has 0 saturated heterocycles. The van der Waals surface area contributed by atoms with Gasteiger partial charge in [0, 0.05) is 12.5 Å². The van der Waals surface area contributed by atoms with Gasteiger partial charge in [0.25, 0.3) is 0 Å².